The molecule has 154 valence electrons. The van der Waals surface area contributed by atoms with Crippen molar-refractivity contribution in [1.29, 1.82) is 0 Å². The van der Waals surface area contributed by atoms with E-state index in [1.54, 1.807) is 25.1 Å². The second-order valence-electron chi connectivity index (χ2n) is 6.50. The lowest BCUT2D eigenvalue weighted by molar-refractivity contribution is -0.275. The van der Waals surface area contributed by atoms with Gasteiger partial charge in [-0.05, 0) is 36.8 Å². The Hall–Kier alpha value is -1.35. The fourth-order valence-corrected chi connectivity index (χ4v) is 4.05. The first-order chi connectivity index (χ1) is 13.5. The molecule has 0 spiro atoms. The van der Waals surface area contributed by atoms with Gasteiger partial charge >= 0.3 is 6.18 Å². The number of hydrogen-bond donors (Lipinski definition) is 1. The summed E-state index contributed by atoms with van der Waals surface area (Å²) in [7, 11) is 0. The number of oxime groups is 1. The third kappa shape index (κ3) is 4.71. The molecular formula is C19H14BrCl2F3N2OS. The van der Waals surface area contributed by atoms with Crippen LogP contribution in [0.5, 0.6) is 0 Å². The summed E-state index contributed by atoms with van der Waals surface area (Å²) in [5.74, 6) is 0. The highest BCUT2D eigenvalue weighted by molar-refractivity contribution is 9.10. The number of hydrogen-bond acceptors (Lipinski definition) is 3. The molecule has 0 amide bonds. The highest BCUT2D eigenvalue weighted by atomic mass is 79.9. The molecule has 0 aliphatic carbocycles. The minimum absolute atomic E-state index is 0.0848. The van der Waals surface area contributed by atoms with E-state index in [1.807, 2.05) is 0 Å². The molecular weight excluding hydrogens is 512 g/mol. The van der Waals surface area contributed by atoms with Crippen LogP contribution in [0.1, 0.15) is 30.0 Å². The quantitative estimate of drug-likeness (QED) is 0.447. The second-order valence-corrected chi connectivity index (χ2v) is 8.84. The van der Waals surface area contributed by atoms with Gasteiger partial charge in [0.2, 0.25) is 0 Å². The van der Waals surface area contributed by atoms with Gasteiger partial charge in [0, 0.05) is 38.6 Å². The second kappa shape index (κ2) is 8.41. The maximum atomic E-state index is 14.1. The van der Waals surface area contributed by atoms with Gasteiger partial charge in [0.1, 0.15) is 0 Å². The van der Waals surface area contributed by atoms with Crippen LogP contribution in [-0.2, 0) is 17.0 Å². The molecule has 0 fully saturated rings. The largest absolute Gasteiger partial charge is 0.435 e. The zero-order valence-electron chi connectivity index (χ0n) is 14.9. The minimum Gasteiger partial charge on any atom is -0.376 e. The van der Waals surface area contributed by atoms with Crippen LogP contribution >= 0.6 is 51.3 Å². The number of nitrogens with zero attached hydrogens (tertiary/aromatic N) is 1. The number of halogens is 6. The lowest BCUT2D eigenvalue weighted by Crippen LogP contribution is -2.42. The maximum absolute atomic E-state index is 14.1. The fraction of sp³-hybridized carbons (Fsp3) is 0.263. The summed E-state index contributed by atoms with van der Waals surface area (Å²) < 4.78 is 42.9. The van der Waals surface area contributed by atoms with Crippen molar-refractivity contribution in [2.75, 3.05) is 0 Å². The molecule has 1 heterocycles. The van der Waals surface area contributed by atoms with Gasteiger partial charge in [0.25, 0.3) is 5.60 Å². The van der Waals surface area contributed by atoms with E-state index in [0.29, 0.717) is 17.1 Å². The molecule has 0 bridgehead atoms. The number of rotatable bonds is 4. The SMILES string of the molecule is CC(=S)NCc1ccc(C2=NOC(c3cc(Cl)cc(Cl)c3)(C(F)(F)F)C2)cc1Br. The van der Waals surface area contributed by atoms with Gasteiger partial charge in [-0.25, -0.2) is 0 Å². The molecule has 0 aromatic heterocycles. The molecule has 1 unspecified atom stereocenters. The predicted molar refractivity (Wildman–Crippen MR) is 116 cm³/mol. The fourth-order valence-electron chi connectivity index (χ4n) is 2.94. The number of benzene rings is 2. The van der Waals surface area contributed by atoms with Crippen LogP contribution in [0.25, 0.3) is 0 Å². The molecule has 3 rings (SSSR count). The smallest absolute Gasteiger partial charge is 0.376 e. The average Bonchev–Trinajstić information content (AvgIpc) is 3.06. The Morgan fingerprint density at radius 3 is 2.45 bits per heavy atom. The van der Waals surface area contributed by atoms with E-state index in [2.05, 4.69) is 26.4 Å². The summed E-state index contributed by atoms with van der Waals surface area (Å²) in [6, 6.07) is 8.93. The molecule has 1 aliphatic rings. The van der Waals surface area contributed by atoms with Gasteiger partial charge in [-0.1, -0.05) is 68.6 Å². The molecule has 10 heteroatoms. The van der Waals surface area contributed by atoms with Crippen molar-refractivity contribution >= 4 is 62.0 Å². The molecule has 3 nitrogen and oxygen atoms in total. The van der Waals surface area contributed by atoms with Crippen molar-refractivity contribution < 1.29 is 18.0 Å². The Kier molecular flexibility index (Phi) is 6.48. The van der Waals surface area contributed by atoms with Crippen molar-refractivity contribution in [3.05, 3.63) is 67.6 Å². The summed E-state index contributed by atoms with van der Waals surface area (Å²) in [6.07, 6.45) is -5.24. The van der Waals surface area contributed by atoms with Crippen molar-refractivity contribution in [3.63, 3.8) is 0 Å². The van der Waals surface area contributed by atoms with E-state index in [1.165, 1.54) is 18.2 Å². The van der Waals surface area contributed by atoms with Crippen LogP contribution < -0.4 is 5.32 Å². The number of thiocarbonyl (C=S) groups is 1. The zero-order chi connectivity index (χ0) is 21.4. The van der Waals surface area contributed by atoms with Gasteiger partial charge in [0.05, 0.1) is 10.7 Å². The van der Waals surface area contributed by atoms with E-state index in [-0.39, 0.29) is 21.3 Å². The summed E-state index contributed by atoms with van der Waals surface area (Å²) in [5, 5.41) is 6.96. The Labute approximate surface area is 189 Å². The zero-order valence-corrected chi connectivity index (χ0v) is 18.8. The molecule has 2 aromatic carbocycles. The average molecular weight is 526 g/mol. The number of nitrogens with one attached hydrogen (secondary N) is 1. The van der Waals surface area contributed by atoms with Crippen molar-refractivity contribution in [2.24, 2.45) is 5.16 Å². The van der Waals surface area contributed by atoms with Gasteiger partial charge < -0.3 is 10.2 Å². The van der Waals surface area contributed by atoms with E-state index in [0.717, 1.165) is 10.0 Å². The van der Waals surface area contributed by atoms with Crippen LogP contribution in [0.3, 0.4) is 0 Å². The van der Waals surface area contributed by atoms with Crippen LogP contribution in [0, 0.1) is 0 Å². The van der Waals surface area contributed by atoms with E-state index >= 15 is 0 Å². The van der Waals surface area contributed by atoms with E-state index < -0.39 is 18.2 Å². The first kappa shape index (κ1) is 22.3. The van der Waals surface area contributed by atoms with Crippen LogP contribution in [0.2, 0.25) is 10.0 Å². The van der Waals surface area contributed by atoms with E-state index in [9.17, 15) is 13.2 Å². The van der Waals surface area contributed by atoms with Crippen LogP contribution in [0.15, 0.2) is 46.0 Å². The summed E-state index contributed by atoms with van der Waals surface area (Å²) in [4.78, 5) is 5.66. The first-order valence-electron chi connectivity index (χ1n) is 8.33. The van der Waals surface area contributed by atoms with Crippen LogP contribution in [0.4, 0.5) is 13.2 Å². The predicted octanol–water partition coefficient (Wildman–Crippen LogP) is 6.78. The minimum atomic E-state index is -4.73. The third-order valence-electron chi connectivity index (χ3n) is 4.43. The summed E-state index contributed by atoms with van der Waals surface area (Å²) >= 11 is 20.3. The lowest BCUT2D eigenvalue weighted by atomic mass is 9.86. The third-order valence-corrected chi connectivity index (χ3v) is 5.75. The summed E-state index contributed by atoms with van der Waals surface area (Å²) in [6.45, 7) is 2.26. The molecule has 1 atom stereocenters. The van der Waals surface area contributed by atoms with Gasteiger partial charge in [-0.2, -0.15) is 13.2 Å². The summed E-state index contributed by atoms with van der Waals surface area (Å²) in [5.41, 5.74) is -1.26. The highest BCUT2D eigenvalue weighted by Crippen LogP contribution is 2.49. The molecule has 0 saturated heterocycles. The monoisotopic (exact) mass is 524 g/mol. The Morgan fingerprint density at radius 2 is 1.90 bits per heavy atom. The first-order valence-corrected chi connectivity index (χ1v) is 10.3. The van der Waals surface area contributed by atoms with Crippen molar-refractivity contribution in [1.82, 2.24) is 5.32 Å². The Morgan fingerprint density at radius 1 is 1.24 bits per heavy atom. The van der Waals surface area contributed by atoms with E-state index in [4.69, 9.17) is 40.3 Å². The molecule has 1 aliphatic heterocycles. The normalized spacial score (nSPS) is 18.9. The molecule has 29 heavy (non-hydrogen) atoms. The molecule has 1 N–H and O–H groups in total. The standard InChI is InChI=1S/C19H14BrCl2F3N2OS/c1-10(29)26-9-12-3-2-11(4-16(12)20)17-8-18(28-27-17,19(23,24)25)13-5-14(21)7-15(22)6-13/h2-7H,8-9H2,1H3,(H,26,29). The molecule has 2 aromatic rings. The lowest BCUT2D eigenvalue weighted by Gasteiger charge is -2.29. The highest BCUT2D eigenvalue weighted by Gasteiger charge is 2.62. The van der Waals surface area contributed by atoms with Gasteiger partial charge in [0.15, 0.2) is 0 Å². The molecule has 0 saturated carbocycles. The van der Waals surface area contributed by atoms with Crippen molar-refractivity contribution in [3.8, 4) is 0 Å². The number of alkyl halides is 3. The maximum Gasteiger partial charge on any atom is 0.435 e. The topological polar surface area (TPSA) is 33.6 Å². The Balaban J connectivity index is 1.93. The van der Waals surface area contributed by atoms with Crippen molar-refractivity contribution in [2.45, 2.75) is 31.7 Å². The van der Waals surface area contributed by atoms with Gasteiger partial charge in [-0.3, -0.25) is 0 Å². The Bertz CT molecular complexity index is 980. The molecule has 0 radical (unpaired) electrons. The van der Waals surface area contributed by atoms with Crippen LogP contribution in [-0.4, -0.2) is 16.9 Å². The van der Waals surface area contributed by atoms with Gasteiger partial charge in [-0.15, -0.1) is 0 Å².